The average molecular weight is 444 g/mol. The van der Waals surface area contributed by atoms with Crippen LogP contribution >= 0.6 is 0 Å². The third-order valence-corrected chi connectivity index (χ3v) is 5.14. The van der Waals surface area contributed by atoms with Crippen LogP contribution in [0.1, 0.15) is 57.8 Å². The number of fused-ring (bicyclic) bond motifs is 1. The Balaban J connectivity index is 2.14. The van der Waals surface area contributed by atoms with Crippen molar-refractivity contribution in [2.75, 3.05) is 19.0 Å². The van der Waals surface area contributed by atoms with E-state index in [1.54, 1.807) is 12.1 Å². The number of nitrogens with one attached hydrogen (secondary N) is 2. The molecule has 0 aliphatic carbocycles. The van der Waals surface area contributed by atoms with Gasteiger partial charge in [-0.3, -0.25) is 5.10 Å². The van der Waals surface area contributed by atoms with Gasteiger partial charge in [0, 0.05) is 24.2 Å². The molecule has 10 nitrogen and oxygen atoms in total. The molecule has 0 radical (unpaired) electrons. The lowest BCUT2D eigenvalue weighted by molar-refractivity contribution is 0.349. The molecule has 1 unspecified atom stereocenters. The van der Waals surface area contributed by atoms with Crippen molar-refractivity contribution in [3.8, 4) is 17.2 Å². The van der Waals surface area contributed by atoms with Crippen LogP contribution in [-0.4, -0.2) is 49.7 Å². The number of methoxy groups -OCH3 is 1. The molecule has 3 rings (SSSR count). The number of hydrogen-bond acceptors (Lipinski definition) is 8. The lowest BCUT2D eigenvalue weighted by Gasteiger charge is -2.18. The molecule has 2 aromatic heterocycles. The van der Waals surface area contributed by atoms with Gasteiger partial charge in [-0.15, -0.1) is 0 Å². The second-order valence-electron chi connectivity index (χ2n) is 8.51. The second kappa shape index (κ2) is 9.47. The van der Waals surface area contributed by atoms with Crippen molar-refractivity contribution < 1.29 is 14.9 Å². The maximum Gasteiger partial charge on any atom is 0.227 e. The number of ether oxygens (including phenoxy) is 1. The molecule has 0 saturated heterocycles. The molecule has 1 atom stereocenters. The van der Waals surface area contributed by atoms with E-state index >= 15 is 0 Å². The monoisotopic (exact) mass is 443 g/mol. The summed E-state index contributed by atoms with van der Waals surface area (Å²) in [6.45, 7) is 10.9. The molecule has 6 N–H and O–H groups in total. The summed E-state index contributed by atoms with van der Waals surface area (Å²) in [5.41, 5.74) is 9.58. The summed E-state index contributed by atoms with van der Waals surface area (Å²) in [5, 5.41) is 31.4. The van der Waals surface area contributed by atoms with Gasteiger partial charge >= 0.3 is 0 Å². The normalized spacial score (nSPS) is 13.3. The zero-order valence-electron chi connectivity index (χ0n) is 19.5. The third kappa shape index (κ3) is 4.50. The number of nitrogens with zero attached hydrogens (tertiary/aromatic N) is 4. The number of aromatic hydroxyl groups is 2. The lowest BCUT2D eigenvalue weighted by Crippen LogP contribution is -2.30. The molecular formula is C22H33N7O3. The Hall–Kier alpha value is -3.27. The molecule has 32 heavy (non-hydrogen) atoms. The summed E-state index contributed by atoms with van der Waals surface area (Å²) in [5.74, 6) is 0.399. The van der Waals surface area contributed by atoms with Crippen LogP contribution in [0.2, 0.25) is 0 Å². The minimum Gasteiger partial charge on any atom is -0.504 e. The Morgan fingerprint density at radius 3 is 2.50 bits per heavy atom. The summed E-state index contributed by atoms with van der Waals surface area (Å²) in [6.07, 6.45) is 0. The Bertz CT molecular complexity index is 1160. The molecule has 0 aliphatic rings. The average Bonchev–Trinajstić information content (AvgIpc) is 3.18. The first-order valence-corrected chi connectivity index (χ1v) is 10.7. The smallest absolute Gasteiger partial charge is 0.227 e. The van der Waals surface area contributed by atoms with Crippen molar-refractivity contribution in [3.63, 3.8) is 0 Å². The number of anilines is 1. The quantitative estimate of drug-likeness (QED) is 0.336. The lowest BCUT2D eigenvalue weighted by atomic mass is 10.1. The Morgan fingerprint density at radius 2 is 1.91 bits per heavy atom. The molecule has 2 heterocycles. The van der Waals surface area contributed by atoms with E-state index in [9.17, 15) is 10.2 Å². The Morgan fingerprint density at radius 1 is 1.19 bits per heavy atom. The first kappa shape index (κ1) is 23.4. The minimum absolute atomic E-state index is 0.0994. The van der Waals surface area contributed by atoms with Crippen molar-refractivity contribution in [1.29, 1.82) is 0 Å². The molecule has 0 amide bonds. The van der Waals surface area contributed by atoms with Crippen LogP contribution in [0.3, 0.4) is 0 Å². The number of aromatic amines is 1. The molecule has 0 aliphatic heterocycles. The second-order valence-corrected chi connectivity index (χ2v) is 8.51. The van der Waals surface area contributed by atoms with E-state index in [0.29, 0.717) is 29.1 Å². The van der Waals surface area contributed by atoms with Crippen molar-refractivity contribution in [1.82, 2.24) is 19.7 Å². The van der Waals surface area contributed by atoms with Gasteiger partial charge in [0.15, 0.2) is 22.8 Å². The Kier molecular flexibility index (Phi) is 6.93. The summed E-state index contributed by atoms with van der Waals surface area (Å²) in [6, 6.07) is 3.28. The summed E-state index contributed by atoms with van der Waals surface area (Å²) < 4.78 is 7.11. The van der Waals surface area contributed by atoms with Crippen molar-refractivity contribution >= 4 is 16.9 Å². The van der Waals surface area contributed by atoms with Gasteiger partial charge in [0.2, 0.25) is 11.4 Å². The maximum absolute atomic E-state index is 10.3. The molecule has 1 aromatic carbocycles. The van der Waals surface area contributed by atoms with E-state index in [0.717, 1.165) is 11.2 Å². The van der Waals surface area contributed by atoms with Crippen LogP contribution in [0.25, 0.3) is 11.0 Å². The maximum atomic E-state index is 10.3. The molecule has 174 valence electrons. The van der Waals surface area contributed by atoms with Crippen LogP contribution in [0.15, 0.2) is 17.1 Å². The van der Waals surface area contributed by atoms with Crippen LogP contribution in [-0.2, 0) is 6.54 Å². The van der Waals surface area contributed by atoms with Gasteiger partial charge in [0.05, 0.1) is 24.9 Å². The first-order valence-electron chi connectivity index (χ1n) is 10.7. The zero-order valence-corrected chi connectivity index (χ0v) is 19.5. The van der Waals surface area contributed by atoms with Gasteiger partial charge in [-0.1, -0.05) is 13.8 Å². The number of H-pyrrole nitrogens is 1. The molecule has 10 heteroatoms. The van der Waals surface area contributed by atoms with E-state index in [4.69, 9.17) is 15.5 Å². The van der Waals surface area contributed by atoms with Crippen LogP contribution in [0.5, 0.6) is 17.2 Å². The third-order valence-electron chi connectivity index (χ3n) is 5.14. The van der Waals surface area contributed by atoms with E-state index < -0.39 is 0 Å². The van der Waals surface area contributed by atoms with Gasteiger partial charge in [0.25, 0.3) is 0 Å². The van der Waals surface area contributed by atoms with Crippen LogP contribution in [0, 0.1) is 0 Å². The highest BCUT2D eigenvalue weighted by molar-refractivity contribution is 5.87. The molecule has 0 fully saturated rings. The fourth-order valence-electron chi connectivity index (χ4n) is 3.51. The van der Waals surface area contributed by atoms with Gasteiger partial charge in [-0.25, -0.2) is 4.99 Å². The predicted molar refractivity (Wildman–Crippen MR) is 124 cm³/mol. The largest absolute Gasteiger partial charge is 0.504 e. The zero-order chi connectivity index (χ0) is 23.6. The Labute approximate surface area is 187 Å². The number of nitrogens with two attached hydrogens (primary N) is 1. The van der Waals surface area contributed by atoms with Crippen molar-refractivity contribution in [2.45, 2.75) is 59.2 Å². The summed E-state index contributed by atoms with van der Waals surface area (Å²) in [4.78, 5) is 9.41. The van der Waals surface area contributed by atoms with Crippen LogP contribution < -0.4 is 21.4 Å². The first-order chi connectivity index (χ1) is 15.1. The predicted octanol–water partition coefficient (Wildman–Crippen LogP) is 2.74. The van der Waals surface area contributed by atoms with Crippen molar-refractivity contribution in [3.05, 3.63) is 29.0 Å². The topological polar surface area (TPSA) is 147 Å². The fourth-order valence-corrected chi connectivity index (χ4v) is 3.51. The number of phenolic OH excluding ortho intramolecular Hbond substituents is 2. The van der Waals surface area contributed by atoms with E-state index in [2.05, 4.69) is 52.8 Å². The van der Waals surface area contributed by atoms with Crippen molar-refractivity contribution in [2.24, 2.45) is 10.7 Å². The van der Waals surface area contributed by atoms with Gasteiger partial charge in [-0.2, -0.15) is 10.1 Å². The molecule has 0 saturated carbocycles. The highest BCUT2D eigenvalue weighted by atomic mass is 16.5. The summed E-state index contributed by atoms with van der Waals surface area (Å²) >= 11 is 0. The van der Waals surface area contributed by atoms with Crippen LogP contribution in [0.4, 0.5) is 5.82 Å². The molecule has 0 spiro atoms. The number of aromatic nitrogens is 4. The highest BCUT2D eigenvalue weighted by Crippen LogP contribution is 2.38. The number of rotatable bonds is 8. The molecular weight excluding hydrogens is 410 g/mol. The summed E-state index contributed by atoms with van der Waals surface area (Å²) in [7, 11) is 1.43. The van der Waals surface area contributed by atoms with E-state index in [1.165, 1.54) is 7.11 Å². The fraction of sp³-hybridized carbons (Fsp3) is 0.500. The van der Waals surface area contributed by atoms with E-state index in [1.807, 2.05) is 6.92 Å². The number of benzene rings is 1. The molecule has 0 bridgehead atoms. The minimum atomic E-state index is -0.301. The molecule has 3 aromatic rings. The number of hydrogen-bond donors (Lipinski definition) is 5. The van der Waals surface area contributed by atoms with Gasteiger partial charge < -0.3 is 30.6 Å². The van der Waals surface area contributed by atoms with E-state index in [-0.39, 0.29) is 41.8 Å². The van der Waals surface area contributed by atoms with Gasteiger partial charge in [-0.05, 0) is 38.8 Å². The standard InChI is InChI=1S/C22H33N7O3/c1-11(2)16-18-17(28-27-16)21(26-22(25-9-13(5)23)29(18)12(3)4)24-10-14-7-8-15(32-6)20(31)19(14)30/h7-8,11-13,30-31H,9-10,23H2,1-6H3,(H,27,28)(H,24,25,26). The SMILES string of the molecule is COc1ccc(CNc2nc(=NCC(C)N)n(C(C)C)c3c(C(C)C)[nH]nc23)c(O)c1O. The number of phenols is 2. The highest BCUT2D eigenvalue weighted by Gasteiger charge is 2.20. The van der Waals surface area contributed by atoms with Gasteiger partial charge in [0.1, 0.15) is 0 Å².